The van der Waals surface area contributed by atoms with E-state index in [9.17, 15) is 4.79 Å². The maximum absolute atomic E-state index is 10.9. The largest absolute Gasteiger partial charge is 0.493 e. The van der Waals surface area contributed by atoms with Gasteiger partial charge >= 0.3 is 0 Å². The average Bonchev–Trinajstić information content (AvgIpc) is 2.74. The first-order valence-corrected chi connectivity index (χ1v) is 5.40. The summed E-state index contributed by atoms with van der Waals surface area (Å²) >= 11 is 0. The molecule has 0 spiro atoms. The van der Waals surface area contributed by atoms with Crippen LogP contribution in [-0.2, 0) is 0 Å². The third kappa shape index (κ3) is 2.68. The molecule has 5 heteroatoms. The number of aliphatic hydroxyl groups is 1. The summed E-state index contributed by atoms with van der Waals surface area (Å²) in [7, 11) is 0. The number of carbonyl (C=O) groups excluding carboxylic acids is 1. The smallest absolute Gasteiger partial charge is 0.231 e. The second-order valence-corrected chi connectivity index (χ2v) is 3.85. The molecule has 0 fully saturated rings. The summed E-state index contributed by atoms with van der Waals surface area (Å²) in [4.78, 5) is 10.9. The van der Waals surface area contributed by atoms with Crippen molar-refractivity contribution in [2.24, 2.45) is 0 Å². The number of hydrogen-bond donors (Lipinski definition) is 1. The lowest BCUT2D eigenvalue weighted by atomic mass is 10.2. The summed E-state index contributed by atoms with van der Waals surface area (Å²) in [5, 5.41) is 9.12. The molecule has 0 aliphatic carbocycles. The minimum Gasteiger partial charge on any atom is -0.493 e. The predicted octanol–water partition coefficient (Wildman–Crippen LogP) is 1.38. The van der Waals surface area contributed by atoms with E-state index >= 15 is 0 Å². The van der Waals surface area contributed by atoms with Gasteiger partial charge in [0.05, 0.1) is 18.3 Å². The van der Waals surface area contributed by atoms with Crippen LogP contribution in [0.5, 0.6) is 17.2 Å². The Morgan fingerprint density at radius 3 is 2.82 bits per heavy atom. The fraction of sp³-hybridized carbons (Fsp3) is 0.417. The summed E-state index contributed by atoms with van der Waals surface area (Å²) in [5.74, 6) is 1.57. The van der Waals surface area contributed by atoms with Crippen LogP contribution in [0.4, 0.5) is 0 Å². The minimum absolute atomic E-state index is 0.157. The minimum atomic E-state index is -0.427. The van der Waals surface area contributed by atoms with Gasteiger partial charge in [0.1, 0.15) is 5.75 Å². The van der Waals surface area contributed by atoms with E-state index in [0.29, 0.717) is 42.1 Å². The Kier molecular flexibility index (Phi) is 3.49. The van der Waals surface area contributed by atoms with E-state index in [0.717, 1.165) is 0 Å². The second kappa shape index (κ2) is 5.05. The third-order valence-electron chi connectivity index (χ3n) is 2.43. The zero-order valence-corrected chi connectivity index (χ0v) is 9.51. The zero-order valence-electron chi connectivity index (χ0n) is 9.51. The fourth-order valence-electron chi connectivity index (χ4n) is 1.50. The van der Waals surface area contributed by atoms with Crippen molar-refractivity contribution < 1.29 is 24.1 Å². The van der Waals surface area contributed by atoms with Crippen molar-refractivity contribution in [3.63, 3.8) is 0 Å². The fourth-order valence-corrected chi connectivity index (χ4v) is 1.50. The molecule has 1 unspecified atom stereocenters. The first kappa shape index (κ1) is 11.7. The molecule has 1 aliphatic rings. The van der Waals surface area contributed by atoms with Gasteiger partial charge in [0, 0.05) is 12.5 Å². The van der Waals surface area contributed by atoms with Crippen molar-refractivity contribution in [3.05, 3.63) is 17.7 Å². The Bertz CT molecular complexity index is 414. The Morgan fingerprint density at radius 1 is 1.47 bits per heavy atom. The maximum atomic E-state index is 10.9. The number of carbonyl (C=O) groups is 1. The van der Waals surface area contributed by atoms with Gasteiger partial charge in [0.2, 0.25) is 6.79 Å². The highest BCUT2D eigenvalue weighted by Gasteiger charge is 2.17. The number of hydrogen-bond acceptors (Lipinski definition) is 5. The summed E-state index contributed by atoms with van der Waals surface area (Å²) in [6, 6.07) is 3.22. The lowest BCUT2D eigenvalue weighted by Gasteiger charge is -2.10. The van der Waals surface area contributed by atoms with E-state index < -0.39 is 6.10 Å². The van der Waals surface area contributed by atoms with E-state index in [-0.39, 0.29) is 6.79 Å². The van der Waals surface area contributed by atoms with Gasteiger partial charge in [-0.1, -0.05) is 0 Å². The summed E-state index contributed by atoms with van der Waals surface area (Å²) in [6.45, 7) is 2.19. The van der Waals surface area contributed by atoms with Crippen LogP contribution in [0, 0.1) is 0 Å². The summed E-state index contributed by atoms with van der Waals surface area (Å²) in [5.41, 5.74) is 0.417. The first-order valence-electron chi connectivity index (χ1n) is 5.40. The van der Waals surface area contributed by atoms with Crippen molar-refractivity contribution in [1.29, 1.82) is 0 Å². The van der Waals surface area contributed by atoms with E-state index in [1.807, 2.05) is 0 Å². The van der Waals surface area contributed by atoms with Crippen molar-refractivity contribution in [2.75, 3.05) is 13.4 Å². The van der Waals surface area contributed by atoms with Crippen molar-refractivity contribution in [1.82, 2.24) is 0 Å². The van der Waals surface area contributed by atoms with E-state index in [1.165, 1.54) is 0 Å². The van der Waals surface area contributed by atoms with Crippen LogP contribution in [0.15, 0.2) is 12.1 Å². The van der Waals surface area contributed by atoms with Crippen molar-refractivity contribution in [2.45, 2.75) is 19.4 Å². The van der Waals surface area contributed by atoms with Gasteiger partial charge in [0.25, 0.3) is 0 Å². The van der Waals surface area contributed by atoms with Crippen LogP contribution in [0.25, 0.3) is 0 Å². The number of rotatable bonds is 5. The quantitative estimate of drug-likeness (QED) is 0.785. The van der Waals surface area contributed by atoms with Crippen LogP contribution in [0.1, 0.15) is 23.7 Å². The highest BCUT2D eigenvalue weighted by molar-refractivity contribution is 5.81. The molecular formula is C12H14O5. The molecule has 5 nitrogen and oxygen atoms in total. The topological polar surface area (TPSA) is 65.0 Å². The van der Waals surface area contributed by atoms with Crippen LogP contribution < -0.4 is 14.2 Å². The average molecular weight is 238 g/mol. The van der Waals surface area contributed by atoms with Gasteiger partial charge in [-0.2, -0.15) is 0 Å². The van der Waals surface area contributed by atoms with Crippen LogP contribution in [0.3, 0.4) is 0 Å². The molecule has 1 aromatic rings. The molecule has 92 valence electrons. The Hall–Kier alpha value is -1.75. The maximum Gasteiger partial charge on any atom is 0.231 e. The van der Waals surface area contributed by atoms with Gasteiger partial charge < -0.3 is 19.3 Å². The Labute approximate surface area is 98.9 Å². The Balaban J connectivity index is 2.12. The summed E-state index contributed by atoms with van der Waals surface area (Å²) in [6.07, 6.45) is 0.788. The molecule has 0 radical (unpaired) electrons. The van der Waals surface area contributed by atoms with E-state index in [2.05, 4.69) is 0 Å². The van der Waals surface area contributed by atoms with Gasteiger partial charge in [-0.05, 0) is 13.0 Å². The Morgan fingerprint density at radius 2 is 2.18 bits per heavy atom. The van der Waals surface area contributed by atoms with Crippen LogP contribution in [-0.4, -0.2) is 30.9 Å². The summed E-state index contributed by atoms with van der Waals surface area (Å²) < 4.78 is 15.8. The molecule has 1 atom stereocenters. The molecule has 0 saturated heterocycles. The van der Waals surface area contributed by atoms with Gasteiger partial charge in [-0.15, -0.1) is 0 Å². The number of aliphatic hydroxyl groups excluding tert-OH is 1. The first-order chi connectivity index (χ1) is 8.20. The zero-order chi connectivity index (χ0) is 12.3. The highest BCUT2D eigenvalue weighted by atomic mass is 16.7. The molecule has 1 aliphatic heterocycles. The molecule has 1 heterocycles. The number of ether oxygens (including phenoxy) is 3. The van der Waals surface area contributed by atoms with Crippen molar-refractivity contribution in [3.8, 4) is 17.2 Å². The molecule has 1 N–H and O–H groups in total. The van der Waals surface area contributed by atoms with Gasteiger partial charge in [0.15, 0.2) is 17.8 Å². The normalized spacial score (nSPS) is 14.5. The molecule has 1 aromatic carbocycles. The SMILES string of the molecule is CC(O)CCOc1cc2c(cc1C=O)OCO2. The number of aldehydes is 1. The molecule has 17 heavy (non-hydrogen) atoms. The molecule has 0 amide bonds. The lowest BCUT2D eigenvalue weighted by molar-refractivity contribution is 0.111. The van der Waals surface area contributed by atoms with Gasteiger partial charge in [-0.25, -0.2) is 0 Å². The highest BCUT2D eigenvalue weighted by Crippen LogP contribution is 2.37. The van der Waals surface area contributed by atoms with Crippen LogP contribution >= 0.6 is 0 Å². The molecule has 0 saturated carbocycles. The predicted molar refractivity (Wildman–Crippen MR) is 59.7 cm³/mol. The molecule has 0 aromatic heterocycles. The van der Waals surface area contributed by atoms with E-state index in [4.69, 9.17) is 19.3 Å². The lowest BCUT2D eigenvalue weighted by Crippen LogP contribution is -2.08. The van der Waals surface area contributed by atoms with E-state index in [1.54, 1.807) is 19.1 Å². The number of benzene rings is 1. The third-order valence-corrected chi connectivity index (χ3v) is 2.43. The second-order valence-electron chi connectivity index (χ2n) is 3.85. The molecular weight excluding hydrogens is 224 g/mol. The monoisotopic (exact) mass is 238 g/mol. The molecule has 0 bridgehead atoms. The molecule has 2 rings (SSSR count). The number of fused-ring (bicyclic) bond motifs is 1. The van der Waals surface area contributed by atoms with Gasteiger partial charge in [-0.3, -0.25) is 4.79 Å². The van der Waals surface area contributed by atoms with Crippen molar-refractivity contribution >= 4 is 6.29 Å². The van der Waals surface area contributed by atoms with Crippen LogP contribution in [0.2, 0.25) is 0 Å². The standard InChI is InChI=1S/C12H14O5/c1-8(14)2-3-15-10-5-12-11(16-7-17-12)4-9(10)6-13/h4-6,8,14H,2-3,7H2,1H3.